The van der Waals surface area contributed by atoms with Crippen molar-refractivity contribution >= 4 is 23.0 Å². The van der Waals surface area contributed by atoms with E-state index in [0.29, 0.717) is 11.3 Å². The van der Waals surface area contributed by atoms with E-state index in [0.717, 1.165) is 16.9 Å². The van der Waals surface area contributed by atoms with Gasteiger partial charge in [-0.1, -0.05) is 18.2 Å². The largest absolute Gasteiger partial charge is 0.376 e. The van der Waals surface area contributed by atoms with E-state index in [1.807, 2.05) is 62.3 Å². The summed E-state index contributed by atoms with van der Waals surface area (Å²) >= 11 is 0. The van der Waals surface area contributed by atoms with Crippen LogP contribution in [0.25, 0.3) is 0 Å². The molecule has 0 aliphatic rings. The molecule has 4 N–H and O–H groups in total. The maximum absolute atomic E-state index is 12.5. The van der Waals surface area contributed by atoms with Gasteiger partial charge in [0.15, 0.2) is 0 Å². The van der Waals surface area contributed by atoms with E-state index in [2.05, 4.69) is 10.7 Å². The minimum absolute atomic E-state index is 0.197. The Hall–Kier alpha value is -2.53. The summed E-state index contributed by atoms with van der Waals surface area (Å²) in [5.41, 5.74) is 6.43. The van der Waals surface area contributed by atoms with Gasteiger partial charge in [0.1, 0.15) is 0 Å². The number of nitrogen functional groups attached to an aromatic ring is 1. The van der Waals surface area contributed by atoms with E-state index in [1.54, 1.807) is 6.07 Å². The van der Waals surface area contributed by atoms with Crippen molar-refractivity contribution in [1.82, 2.24) is 0 Å². The first-order valence-corrected chi connectivity index (χ1v) is 6.68. The Morgan fingerprint density at radius 1 is 1.10 bits per heavy atom. The average molecular weight is 284 g/mol. The van der Waals surface area contributed by atoms with Crippen LogP contribution in [0.15, 0.2) is 42.5 Å². The van der Waals surface area contributed by atoms with Gasteiger partial charge in [0.25, 0.3) is 5.91 Å². The summed E-state index contributed by atoms with van der Waals surface area (Å²) in [6.07, 6.45) is 0. The molecule has 2 aromatic carbocycles. The molecule has 5 heteroatoms. The Morgan fingerprint density at radius 3 is 2.48 bits per heavy atom. The van der Waals surface area contributed by atoms with Gasteiger partial charge in [0.05, 0.1) is 22.6 Å². The molecule has 0 saturated carbocycles. The zero-order valence-electron chi connectivity index (χ0n) is 12.5. The van der Waals surface area contributed by atoms with Gasteiger partial charge >= 0.3 is 0 Å². The fraction of sp³-hybridized carbons (Fsp3) is 0.188. The lowest BCUT2D eigenvalue weighted by atomic mass is 10.1. The van der Waals surface area contributed by atoms with Crippen LogP contribution in [0.3, 0.4) is 0 Å². The number of anilines is 3. The molecule has 2 aromatic rings. The van der Waals surface area contributed by atoms with Gasteiger partial charge in [-0.05, 0) is 36.8 Å². The molecule has 0 aromatic heterocycles. The summed E-state index contributed by atoms with van der Waals surface area (Å²) in [7, 11) is 3.87. The molecule has 0 heterocycles. The molecular weight excluding hydrogens is 264 g/mol. The van der Waals surface area contributed by atoms with Crippen LogP contribution < -0.4 is 21.5 Å². The fourth-order valence-electron chi connectivity index (χ4n) is 2.13. The van der Waals surface area contributed by atoms with Crippen molar-refractivity contribution in [3.8, 4) is 0 Å². The van der Waals surface area contributed by atoms with Crippen molar-refractivity contribution in [2.75, 3.05) is 29.7 Å². The quantitative estimate of drug-likeness (QED) is 0.596. The molecule has 0 aliphatic carbocycles. The number of hydrazine groups is 1. The van der Waals surface area contributed by atoms with E-state index in [1.165, 1.54) is 0 Å². The Balaban J connectivity index is 2.31. The second kappa shape index (κ2) is 6.28. The number of carbonyl (C=O) groups is 1. The van der Waals surface area contributed by atoms with Crippen LogP contribution in [0.1, 0.15) is 15.9 Å². The standard InChI is InChI=1S/C16H20N4O/c1-11-8-9-12(14(10-11)19-17)16(21)18-13-6-4-5-7-15(13)20(2)3/h4-10,19H,17H2,1-3H3,(H,18,21). The van der Waals surface area contributed by atoms with Crippen LogP contribution in [-0.4, -0.2) is 20.0 Å². The van der Waals surface area contributed by atoms with Crippen LogP contribution in [0.2, 0.25) is 0 Å². The summed E-state index contributed by atoms with van der Waals surface area (Å²) in [6.45, 7) is 1.95. The third kappa shape index (κ3) is 3.32. The minimum Gasteiger partial charge on any atom is -0.376 e. The van der Waals surface area contributed by atoms with Gasteiger partial charge < -0.3 is 15.6 Å². The van der Waals surface area contributed by atoms with Gasteiger partial charge in [0.2, 0.25) is 0 Å². The minimum atomic E-state index is -0.197. The molecule has 1 amide bonds. The summed E-state index contributed by atoms with van der Waals surface area (Å²) < 4.78 is 0. The van der Waals surface area contributed by atoms with Crippen molar-refractivity contribution in [3.05, 3.63) is 53.6 Å². The number of nitrogens with two attached hydrogens (primary N) is 1. The number of nitrogens with one attached hydrogen (secondary N) is 2. The lowest BCUT2D eigenvalue weighted by molar-refractivity contribution is 0.102. The molecule has 5 nitrogen and oxygen atoms in total. The normalized spacial score (nSPS) is 10.1. The molecule has 0 unspecified atom stereocenters. The summed E-state index contributed by atoms with van der Waals surface area (Å²) in [6, 6.07) is 13.1. The van der Waals surface area contributed by atoms with E-state index >= 15 is 0 Å². The van der Waals surface area contributed by atoms with Crippen LogP contribution in [0, 0.1) is 6.92 Å². The molecule has 0 atom stereocenters. The number of aryl methyl sites for hydroxylation is 1. The molecule has 0 aliphatic heterocycles. The summed E-state index contributed by atoms with van der Waals surface area (Å²) in [4.78, 5) is 14.4. The highest BCUT2D eigenvalue weighted by atomic mass is 16.1. The summed E-state index contributed by atoms with van der Waals surface area (Å²) in [5, 5.41) is 2.93. The molecule has 21 heavy (non-hydrogen) atoms. The Kier molecular flexibility index (Phi) is 4.45. The average Bonchev–Trinajstić information content (AvgIpc) is 2.47. The highest BCUT2D eigenvalue weighted by molar-refractivity contribution is 6.09. The topological polar surface area (TPSA) is 70.4 Å². The van der Waals surface area contributed by atoms with E-state index in [4.69, 9.17) is 5.84 Å². The van der Waals surface area contributed by atoms with Crippen LogP contribution in [0.4, 0.5) is 17.1 Å². The van der Waals surface area contributed by atoms with Crippen molar-refractivity contribution < 1.29 is 4.79 Å². The van der Waals surface area contributed by atoms with Gasteiger partial charge in [0, 0.05) is 14.1 Å². The van der Waals surface area contributed by atoms with Gasteiger partial charge in [-0.25, -0.2) is 0 Å². The van der Waals surface area contributed by atoms with Crippen LogP contribution in [-0.2, 0) is 0 Å². The van der Waals surface area contributed by atoms with E-state index in [9.17, 15) is 4.79 Å². The lowest BCUT2D eigenvalue weighted by Crippen LogP contribution is -2.19. The molecule has 0 fully saturated rings. The molecule has 0 radical (unpaired) electrons. The molecule has 0 bridgehead atoms. The molecular formula is C16H20N4O. The number of benzene rings is 2. The molecule has 2 rings (SSSR count). The molecule has 110 valence electrons. The maximum atomic E-state index is 12.5. The van der Waals surface area contributed by atoms with Crippen LogP contribution in [0.5, 0.6) is 0 Å². The smallest absolute Gasteiger partial charge is 0.257 e. The predicted octanol–water partition coefficient (Wildman–Crippen LogP) is 2.60. The monoisotopic (exact) mass is 284 g/mol. The van der Waals surface area contributed by atoms with Gasteiger partial charge in [-0.3, -0.25) is 10.6 Å². The Bertz CT molecular complexity index is 652. The Morgan fingerprint density at radius 2 is 1.81 bits per heavy atom. The summed E-state index contributed by atoms with van der Waals surface area (Å²) in [5.74, 6) is 5.29. The number of hydrogen-bond donors (Lipinski definition) is 3. The highest BCUT2D eigenvalue weighted by Crippen LogP contribution is 2.25. The number of rotatable bonds is 4. The van der Waals surface area contributed by atoms with Crippen molar-refractivity contribution in [3.63, 3.8) is 0 Å². The first-order valence-electron chi connectivity index (χ1n) is 6.68. The molecule has 0 spiro atoms. The number of nitrogens with zero attached hydrogens (tertiary/aromatic N) is 1. The number of amides is 1. The fourth-order valence-corrected chi connectivity index (χ4v) is 2.13. The number of carbonyl (C=O) groups excluding carboxylic acids is 1. The first kappa shape index (κ1) is 14.9. The first-order chi connectivity index (χ1) is 10.0. The Labute approximate surface area is 124 Å². The second-order valence-electron chi connectivity index (χ2n) is 5.06. The zero-order chi connectivity index (χ0) is 15.4. The third-order valence-electron chi connectivity index (χ3n) is 3.21. The van der Waals surface area contributed by atoms with Gasteiger partial charge in [-0.2, -0.15) is 0 Å². The predicted molar refractivity (Wildman–Crippen MR) is 87.7 cm³/mol. The maximum Gasteiger partial charge on any atom is 0.257 e. The molecule has 0 saturated heterocycles. The second-order valence-corrected chi connectivity index (χ2v) is 5.06. The highest BCUT2D eigenvalue weighted by Gasteiger charge is 2.13. The van der Waals surface area contributed by atoms with Crippen molar-refractivity contribution in [2.45, 2.75) is 6.92 Å². The number of para-hydroxylation sites is 2. The van der Waals surface area contributed by atoms with Crippen molar-refractivity contribution in [1.29, 1.82) is 0 Å². The lowest BCUT2D eigenvalue weighted by Gasteiger charge is -2.18. The SMILES string of the molecule is Cc1ccc(C(=O)Nc2ccccc2N(C)C)c(NN)c1. The van der Waals surface area contributed by atoms with Gasteiger partial charge in [-0.15, -0.1) is 0 Å². The van der Waals surface area contributed by atoms with Crippen molar-refractivity contribution in [2.24, 2.45) is 5.84 Å². The third-order valence-corrected chi connectivity index (χ3v) is 3.21. The van der Waals surface area contributed by atoms with E-state index in [-0.39, 0.29) is 5.91 Å². The zero-order valence-corrected chi connectivity index (χ0v) is 12.5. The number of hydrogen-bond acceptors (Lipinski definition) is 4. The van der Waals surface area contributed by atoms with E-state index < -0.39 is 0 Å². The van der Waals surface area contributed by atoms with Crippen LogP contribution >= 0.6 is 0 Å².